The lowest BCUT2D eigenvalue weighted by Gasteiger charge is -1.85. The molecule has 0 atom stereocenters. The Morgan fingerprint density at radius 3 is 2.17 bits per heavy atom. The van der Waals surface area contributed by atoms with Crippen LogP contribution in [0, 0.1) is 0 Å². The van der Waals surface area contributed by atoms with E-state index in [2.05, 4.69) is 37.8 Å². The van der Waals surface area contributed by atoms with Crippen molar-refractivity contribution in [2.75, 3.05) is 0 Å². The highest BCUT2D eigenvalue weighted by atomic mass is 13.8. The van der Waals surface area contributed by atoms with Crippen molar-refractivity contribution in [1.82, 2.24) is 0 Å². The Kier molecular flexibility index (Phi) is 9.56. The molecule has 0 aliphatic heterocycles. The lowest BCUT2D eigenvalue weighted by atomic mass is 10.2. The van der Waals surface area contributed by atoms with E-state index in [0.29, 0.717) is 0 Å². The van der Waals surface area contributed by atoms with E-state index in [1.54, 1.807) is 0 Å². The zero-order valence-corrected chi connectivity index (χ0v) is 8.13. The molecule has 0 aliphatic carbocycles. The van der Waals surface area contributed by atoms with Crippen molar-refractivity contribution in [2.45, 2.75) is 39.0 Å². The average molecular weight is 164 g/mol. The molecule has 0 saturated heterocycles. The molecule has 0 aromatic carbocycles. The molecule has 0 bridgehead atoms. The second-order valence-corrected chi connectivity index (χ2v) is 2.83. The van der Waals surface area contributed by atoms with Crippen LogP contribution >= 0.6 is 0 Å². The molecule has 0 N–H and O–H groups in total. The van der Waals surface area contributed by atoms with Gasteiger partial charge < -0.3 is 0 Å². The monoisotopic (exact) mass is 164 g/mol. The first kappa shape index (κ1) is 11.2. The summed E-state index contributed by atoms with van der Waals surface area (Å²) in [5.74, 6) is 0. The molecule has 0 nitrogen and oxygen atoms in total. The van der Waals surface area contributed by atoms with Gasteiger partial charge in [0.1, 0.15) is 0 Å². The van der Waals surface area contributed by atoms with Crippen LogP contribution in [0.25, 0.3) is 0 Å². The molecule has 0 spiro atoms. The van der Waals surface area contributed by atoms with Crippen LogP contribution in [0.3, 0.4) is 0 Å². The number of unbranched alkanes of at least 4 members (excludes halogenated alkanes) is 2. The number of allylic oxidation sites excluding steroid dienone is 5. The van der Waals surface area contributed by atoms with E-state index in [4.69, 9.17) is 0 Å². The third-order valence-electron chi connectivity index (χ3n) is 1.60. The molecule has 0 aromatic rings. The maximum atomic E-state index is 3.67. The van der Waals surface area contributed by atoms with Gasteiger partial charge in [0.2, 0.25) is 0 Å². The fraction of sp³-hybridized carbons (Fsp3) is 0.500. The van der Waals surface area contributed by atoms with E-state index >= 15 is 0 Å². The second kappa shape index (κ2) is 10.2. The minimum Gasteiger partial charge on any atom is -0.103 e. The Balaban J connectivity index is 3.17. The lowest BCUT2D eigenvalue weighted by molar-refractivity contribution is 0.954. The molecule has 0 radical (unpaired) electrons. The van der Waals surface area contributed by atoms with Crippen LogP contribution < -0.4 is 0 Å². The summed E-state index contributed by atoms with van der Waals surface area (Å²) in [5.41, 5.74) is 0. The molecule has 68 valence electrons. The van der Waals surface area contributed by atoms with E-state index in [9.17, 15) is 0 Å². The summed E-state index contributed by atoms with van der Waals surface area (Å²) in [5, 5.41) is 0. The van der Waals surface area contributed by atoms with Crippen LogP contribution in [0.4, 0.5) is 0 Å². The summed E-state index contributed by atoms with van der Waals surface area (Å²) in [6, 6.07) is 0. The van der Waals surface area contributed by atoms with Gasteiger partial charge >= 0.3 is 0 Å². The Morgan fingerprint density at radius 1 is 0.917 bits per heavy atom. The van der Waals surface area contributed by atoms with Crippen molar-refractivity contribution in [3.8, 4) is 0 Å². The van der Waals surface area contributed by atoms with Crippen LogP contribution in [-0.2, 0) is 0 Å². The first-order chi connectivity index (χ1) is 5.91. The summed E-state index contributed by atoms with van der Waals surface area (Å²) >= 11 is 0. The maximum Gasteiger partial charge on any atom is -0.0169 e. The minimum absolute atomic E-state index is 1.08. The predicted molar refractivity (Wildman–Crippen MR) is 57.2 cm³/mol. The Labute approximate surface area is 76.7 Å². The Hall–Kier alpha value is -0.780. The summed E-state index contributed by atoms with van der Waals surface area (Å²) in [6.45, 7) is 5.87. The van der Waals surface area contributed by atoms with Crippen LogP contribution in [0.5, 0.6) is 0 Å². The SMILES string of the molecule is C=CCCC=CCC=CCCC. The van der Waals surface area contributed by atoms with Gasteiger partial charge in [0, 0.05) is 0 Å². The average Bonchev–Trinajstić information content (AvgIpc) is 2.10. The molecule has 12 heavy (non-hydrogen) atoms. The van der Waals surface area contributed by atoms with Gasteiger partial charge in [0.25, 0.3) is 0 Å². The molecule has 0 heterocycles. The van der Waals surface area contributed by atoms with Crippen LogP contribution in [-0.4, -0.2) is 0 Å². The van der Waals surface area contributed by atoms with Crippen LogP contribution in [0.15, 0.2) is 37.0 Å². The second-order valence-electron chi connectivity index (χ2n) is 2.83. The number of hydrogen-bond acceptors (Lipinski definition) is 0. The smallest absolute Gasteiger partial charge is 0.0169 e. The highest BCUT2D eigenvalue weighted by Crippen LogP contribution is 1.95. The topological polar surface area (TPSA) is 0 Å². The first-order valence-corrected chi connectivity index (χ1v) is 4.82. The third kappa shape index (κ3) is 9.22. The standard InChI is InChI=1S/C12H20/c1-3-5-7-9-11-12-10-8-6-4-2/h3,8-11H,1,4-7,12H2,2H3. The fourth-order valence-electron chi connectivity index (χ4n) is 0.887. The Bertz CT molecular complexity index is 140. The van der Waals surface area contributed by atoms with E-state index in [-0.39, 0.29) is 0 Å². The quantitative estimate of drug-likeness (QED) is 0.389. The van der Waals surface area contributed by atoms with Gasteiger partial charge in [-0.25, -0.2) is 0 Å². The minimum atomic E-state index is 1.08. The Morgan fingerprint density at radius 2 is 1.58 bits per heavy atom. The molecule has 0 amide bonds. The summed E-state index contributed by atoms with van der Waals surface area (Å²) in [7, 11) is 0. The molecule has 0 rings (SSSR count). The van der Waals surface area contributed by atoms with Crippen LogP contribution in [0.2, 0.25) is 0 Å². The van der Waals surface area contributed by atoms with Gasteiger partial charge in [-0.2, -0.15) is 0 Å². The highest BCUT2D eigenvalue weighted by Gasteiger charge is 1.75. The molecule has 0 saturated carbocycles. The van der Waals surface area contributed by atoms with E-state index in [0.717, 1.165) is 19.3 Å². The van der Waals surface area contributed by atoms with Gasteiger partial charge in [-0.05, 0) is 25.7 Å². The van der Waals surface area contributed by atoms with Crippen molar-refractivity contribution >= 4 is 0 Å². The fourth-order valence-corrected chi connectivity index (χ4v) is 0.887. The summed E-state index contributed by atoms with van der Waals surface area (Å²) < 4.78 is 0. The highest BCUT2D eigenvalue weighted by molar-refractivity contribution is 4.93. The maximum absolute atomic E-state index is 3.67. The van der Waals surface area contributed by atoms with Gasteiger partial charge in [0.05, 0.1) is 0 Å². The molecule has 0 aromatic heterocycles. The van der Waals surface area contributed by atoms with Crippen molar-refractivity contribution in [3.63, 3.8) is 0 Å². The van der Waals surface area contributed by atoms with Gasteiger partial charge in [0.15, 0.2) is 0 Å². The van der Waals surface area contributed by atoms with Gasteiger partial charge in [-0.1, -0.05) is 43.7 Å². The predicted octanol–water partition coefficient (Wildman–Crippen LogP) is 4.26. The van der Waals surface area contributed by atoms with Crippen molar-refractivity contribution in [2.24, 2.45) is 0 Å². The van der Waals surface area contributed by atoms with Crippen molar-refractivity contribution in [1.29, 1.82) is 0 Å². The molecule has 0 aliphatic rings. The van der Waals surface area contributed by atoms with E-state index in [1.807, 2.05) is 6.08 Å². The van der Waals surface area contributed by atoms with Crippen LogP contribution in [0.1, 0.15) is 39.0 Å². The molecular weight excluding hydrogens is 144 g/mol. The largest absolute Gasteiger partial charge is 0.103 e. The molecule has 0 heteroatoms. The zero-order chi connectivity index (χ0) is 9.07. The van der Waals surface area contributed by atoms with E-state index < -0.39 is 0 Å². The van der Waals surface area contributed by atoms with Gasteiger partial charge in [-0.15, -0.1) is 6.58 Å². The van der Waals surface area contributed by atoms with Crippen molar-refractivity contribution in [3.05, 3.63) is 37.0 Å². The zero-order valence-electron chi connectivity index (χ0n) is 8.13. The third-order valence-corrected chi connectivity index (χ3v) is 1.60. The van der Waals surface area contributed by atoms with Crippen molar-refractivity contribution < 1.29 is 0 Å². The van der Waals surface area contributed by atoms with E-state index in [1.165, 1.54) is 12.8 Å². The molecule has 0 fully saturated rings. The van der Waals surface area contributed by atoms with Gasteiger partial charge in [-0.3, -0.25) is 0 Å². The summed E-state index contributed by atoms with van der Waals surface area (Å²) in [6.07, 6.45) is 16.6. The first-order valence-electron chi connectivity index (χ1n) is 4.82. The molecule has 0 unspecified atom stereocenters. The molecular formula is C12H20. The number of rotatable bonds is 7. The lowest BCUT2D eigenvalue weighted by Crippen LogP contribution is -1.64. The summed E-state index contributed by atoms with van der Waals surface area (Å²) in [4.78, 5) is 0. The normalized spacial score (nSPS) is 11.4. The number of hydrogen-bond donors (Lipinski definition) is 0.